The number of anilines is 1. The molecule has 130 valence electrons. The number of hydrogen-bond acceptors (Lipinski definition) is 5. The summed E-state index contributed by atoms with van der Waals surface area (Å²) < 4.78 is 102. The van der Waals surface area contributed by atoms with Crippen LogP contribution in [0.1, 0.15) is 12.8 Å². The minimum absolute atomic E-state index is 0.189. The van der Waals surface area contributed by atoms with Gasteiger partial charge in [0, 0.05) is 6.54 Å². The third-order valence-corrected chi connectivity index (χ3v) is 5.84. The lowest BCUT2D eigenvalue weighted by atomic mass is 10.2. The van der Waals surface area contributed by atoms with Crippen molar-refractivity contribution in [3.05, 3.63) is 24.0 Å². The fourth-order valence-electron chi connectivity index (χ4n) is 2.01. The van der Waals surface area contributed by atoms with Gasteiger partial charge in [-0.3, -0.25) is 4.31 Å². The molecule has 23 heavy (non-hydrogen) atoms. The van der Waals surface area contributed by atoms with Gasteiger partial charge in [-0.15, -0.1) is 0 Å². The van der Waals surface area contributed by atoms with Crippen LogP contribution in [0.5, 0.6) is 5.75 Å². The molecule has 0 atom stereocenters. The monoisotopic (exact) mass is 377 g/mol. The first-order valence-electron chi connectivity index (χ1n) is 6.25. The maximum atomic E-state index is 14.0. The zero-order valence-electron chi connectivity index (χ0n) is 11.4. The van der Waals surface area contributed by atoms with Gasteiger partial charge in [-0.2, -0.15) is 21.6 Å². The molecule has 1 aliphatic heterocycles. The number of rotatable bonds is 3. The minimum atomic E-state index is -6.05. The van der Waals surface area contributed by atoms with E-state index in [-0.39, 0.29) is 12.3 Å². The van der Waals surface area contributed by atoms with Crippen molar-refractivity contribution in [2.45, 2.75) is 18.3 Å². The van der Waals surface area contributed by atoms with E-state index in [0.29, 0.717) is 17.1 Å². The van der Waals surface area contributed by atoms with Crippen LogP contribution in [0.3, 0.4) is 0 Å². The summed E-state index contributed by atoms with van der Waals surface area (Å²) in [6, 6.07) is 2.47. The average Bonchev–Trinajstić information content (AvgIpc) is 2.38. The molecule has 0 unspecified atom stereocenters. The summed E-state index contributed by atoms with van der Waals surface area (Å²) in [6.45, 7) is -0.189. The lowest BCUT2D eigenvalue weighted by Crippen LogP contribution is -2.39. The van der Waals surface area contributed by atoms with Gasteiger partial charge in [0.1, 0.15) is 5.69 Å². The lowest BCUT2D eigenvalue weighted by molar-refractivity contribution is -0.0499. The minimum Gasteiger partial charge on any atom is -0.374 e. The summed E-state index contributed by atoms with van der Waals surface area (Å²) in [5.74, 6) is -2.56. The van der Waals surface area contributed by atoms with Crippen LogP contribution in [0.25, 0.3) is 0 Å². The Morgan fingerprint density at radius 1 is 1.17 bits per heavy atom. The number of para-hydroxylation sites is 1. The van der Waals surface area contributed by atoms with Gasteiger partial charge in [0.15, 0.2) is 11.6 Å². The molecular weight excluding hydrogens is 366 g/mol. The van der Waals surface area contributed by atoms with Gasteiger partial charge in [0.05, 0.1) is 5.75 Å². The summed E-state index contributed by atoms with van der Waals surface area (Å²) >= 11 is 0. The van der Waals surface area contributed by atoms with E-state index in [2.05, 4.69) is 4.18 Å². The summed E-state index contributed by atoms with van der Waals surface area (Å²) in [6.07, 6.45) is 0.656. The Morgan fingerprint density at radius 3 is 2.39 bits per heavy atom. The van der Waals surface area contributed by atoms with E-state index >= 15 is 0 Å². The molecule has 1 aromatic carbocycles. The van der Waals surface area contributed by atoms with Crippen LogP contribution < -0.4 is 8.49 Å². The van der Waals surface area contributed by atoms with E-state index in [1.54, 1.807) is 0 Å². The summed E-state index contributed by atoms with van der Waals surface area (Å²) in [5, 5.41) is 0. The van der Waals surface area contributed by atoms with Crippen molar-refractivity contribution in [3.8, 4) is 5.75 Å². The fraction of sp³-hybridized carbons (Fsp3) is 0.455. The van der Waals surface area contributed by atoms with Gasteiger partial charge in [-0.05, 0) is 25.0 Å². The molecule has 0 aliphatic carbocycles. The Hall–Kier alpha value is -1.56. The quantitative estimate of drug-likeness (QED) is 0.457. The molecule has 0 bridgehead atoms. The van der Waals surface area contributed by atoms with E-state index < -0.39 is 42.9 Å². The third kappa shape index (κ3) is 3.52. The molecule has 1 heterocycles. The Morgan fingerprint density at radius 2 is 1.83 bits per heavy atom. The molecule has 1 saturated heterocycles. The second-order valence-electron chi connectivity index (χ2n) is 4.67. The highest BCUT2D eigenvalue weighted by molar-refractivity contribution is 7.92. The van der Waals surface area contributed by atoms with Crippen LogP contribution in [0.4, 0.5) is 23.2 Å². The highest BCUT2D eigenvalue weighted by atomic mass is 32.2. The molecule has 0 radical (unpaired) electrons. The van der Waals surface area contributed by atoms with E-state index in [1.807, 2.05) is 0 Å². The number of benzene rings is 1. The van der Waals surface area contributed by atoms with Crippen LogP contribution in [-0.2, 0) is 20.1 Å². The van der Waals surface area contributed by atoms with Crippen molar-refractivity contribution in [2.75, 3.05) is 16.6 Å². The highest BCUT2D eigenvalue weighted by Gasteiger charge is 2.49. The second-order valence-corrected chi connectivity index (χ2v) is 8.22. The molecule has 0 amide bonds. The highest BCUT2D eigenvalue weighted by Crippen LogP contribution is 2.38. The van der Waals surface area contributed by atoms with Crippen LogP contribution in [-0.4, -0.2) is 34.6 Å². The lowest BCUT2D eigenvalue weighted by Gasteiger charge is -2.29. The number of sulfonamides is 1. The average molecular weight is 377 g/mol. The summed E-state index contributed by atoms with van der Waals surface area (Å²) in [7, 11) is -10.0. The number of hydrogen-bond donors (Lipinski definition) is 0. The van der Waals surface area contributed by atoms with E-state index in [1.165, 1.54) is 0 Å². The smallest absolute Gasteiger partial charge is 0.374 e. The first-order valence-corrected chi connectivity index (χ1v) is 9.27. The van der Waals surface area contributed by atoms with Gasteiger partial charge in [-0.25, -0.2) is 12.8 Å². The van der Waals surface area contributed by atoms with Crippen molar-refractivity contribution >= 4 is 25.8 Å². The van der Waals surface area contributed by atoms with Crippen LogP contribution >= 0.6 is 0 Å². The largest absolute Gasteiger partial charge is 0.534 e. The van der Waals surface area contributed by atoms with Gasteiger partial charge in [-0.1, -0.05) is 6.07 Å². The molecule has 2 rings (SSSR count). The summed E-state index contributed by atoms with van der Waals surface area (Å²) in [5.41, 5.74) is -6.57. The van der Waals surface area contributed by atoms with Crippen molar-refractivity contribution in [1.29, 1.82) is 0 Å². The SMILES string of the molecule is O=S1(=O)CCCCN1c1c(F)cccc1OS(=O)(=O)C(F)(F)F. The maximum Gasteiger partial charge on any atom is 0.534 e. The molecule has 1 aliphatic rings. The molecule has 0 N–H and O–H groups in total. The Balaban J connectivity index is 2.54. The molecule has 12 heteroatoms. The fourth-order valence-corrected chi connectivity index (χ4v) is 4.13. The van der Waals surface area contributed by atoms with E-state index in [0.717, 1.165) is 18.2 Å². The van der Waals surface area contributed by atoms with Crippen LogP contribution in [0.2, 0.25) is 0 Å². The Kier molecular flexibility index (Phi) is 4.50. The Labute approximate surface area is 129 Å². The first kappa shape index (κ1) is 17.8. The molecule has 0 aromatic heterocycles. The van der Waals surface area contributed by atoms with E-state index in [4.69, 9.17) is 0 Å². The molecule has 0 spiro atoms. The molecule has 6 nitrogen and oxygen atoms in total. The zero-order chi connectivity index (χ0) is 17.5. The summed E-state index contributed by atoms with van der Waals surface area (Å²) in [4.78, 5) is 0. The normalized spacial score (nSPS) is 18.7. The zero-order valence-corrected chi connectivity index (χ0v) is 13.0. The van der Waals surface area contributed by atoms with Crippen molar-refractivity contribution < 1.29 is 38.6 Å². The Bertz CT molecular complexity index is 804. The number of nitrogens with zero attached hydrogens (tertiary/aromatic N) is 1. The van der Waals surface area contributed by atoms with Gasteiger partial charge >= 0.3 is 15.6 Å². The molecule has 0 saturated carbocycles. The van der Waals surface area contributed by atoms with Crippen LogP contribution in [0.15, 0.2) is 18.2 Å². The number of halogens is 4. The van der Waals surface area contributed by atoms with Gasteiger partial charge in [0.25, 0.3) is 0 Å². The maximum absolute atomic E-state index is 14.0. The van der Waals surface area contributed by atoms with Gasteiger partial charge < -0.3 is 4.18 Å². The topological polar surface area (TPSA) is 80.8 Å². The van der Waals surface area contributed by atoms with Gasteiger partial charge in [0.2, 0.25) is 10.0 Å². The molecule has 1 fully saturated rings. The second kappa shape index (κ2) is 5.82. The predicted octanol–water partition coefficient (Wildman–Crippen LogP) is 1.98. The number of alkyl halides is 3. The third-order valence-electron chi connectivity index (χ3n) is 3.03. The van der Waals surface area contributed by atoms with Crippen molar-refractivity contribution in [2.24, 2.45) is 0 Å². The van der Waals surface area contributed by atoms with Crippen molar-refractivity contribution in [3.63, 3.8) is 0 Å². The standard InChI is InChI=1S/C11H11F4NO5S2/c12-8-4-3-5-9(21-23(19,20)11(13,14)15)10(8)16-6-1-2-7-22(16,17)18/h3-5H,1-2,6-7H2. The van der Waals surface area contributed by atoms with Crippen molar-refractivity contribution in [1.82, 2.24) is 0 Å². The first-order chi connectivity index (χ1) is 10.5. The molecular formula is C11H11F4NO5S2. The van der Waals surface area contributed by atoms with E-state index in [9.17, 15) is 34.4 Å². The predicted molar refractivity (Wildman–Crippen MR) is 72.4 cm³/mol. The van der Waals surface area contributed by atoms with Crippen LogP contribution in [0, 0.1) is 5.82 Å². The molecule has 1 aromatic rings.